The molecule has 1 aliphatic rings. The number of nitrogens with zero attached hydrogens (tertiary/aromatic N) is 4. The van der Waals surface area contributed by atoms with Crippen LogP contribution in [0.4, 0.5) is 5.82 Å². The van der Waals surface area contributed by atoms with Gasteiger partial charge in [0.15, 0.2) is 11.5 Å². The minimum atomic E-state index is 0.00632. The maximum Gasteiger partial charge on any atom is 0.248 e. The van der Waals surface area contributed by atoms with E-state index < -0.39 is 0 Å². The van der Waals surface area contributed by atoms with Crippen LogP contribution in [0.25, 0.3) is 11.0 Å². The molecule has 0 spiro atoms. The molecule has 1 fully saturated rings. The lowest BCUT2D eigenvalue weighted by atomic mass is 10.1. The van der Waals surface area contributed by atoms with Crippen LogP contribution in [-0.4, -0.2) is 78.3 Å². The van der Waals surface area contributed by atoms with Crippen molar-refractivity contribution in [2.45, 2.75) is 12.5 Å². The first kappa shape index (κ1) is 23.0. The van der Waals surface area contributed by atoms with Gasteiger partial charge < -0.3 is 24.6 Å². The Morgan fingerprint density at radius 2 is 2.00 bits per heavy atom. The Bertz CT molecular complexity index is 1250. The van der Waals surface area contributed by atoms with Crippen molar-refractivity contribution in [2.24, 2.45) is 0 Å². The molecule has 4 rings (SSSR count). The molecular formula is C25H28N6O3. The van der Waals surface area contributed by atoms with Crippen LogP contribution in [0.3, 0.4) is 0 Å². The Morgan fingerprint density at radius 3 is 2.71 bits per heavy atom. The van der Waals surface area contributed by atoms with Crippen molar-refractivity contribution in [3.63, 3.8) is 0 Å². The fourth-order valence-electron chi connectivity index (χ4n) is 3.77. The molecule has 34 heavy (non-hydrogen) atoms. The summed E-state index contributed by atoms with van der Waals surface area (Å²) in [4.78, 5) is 20.5. The minimum absolute atomic E-state index is 0.00632. The zero-order valence-electron chi connectivity index (χ0n) is 19.8. The molecule has 2 N–H and O–H groups in total. The number of pyridine rings is 1. The number of rotatable bonds is 6. The van der Waals surface area contributed by atoms with Gasteiger partial charge in [-0.2, -0.15) is 5.10 Å². The van der Waals surface area contributed by atoms with Crippen molar-refractivity contribution in [3.8, 4) is 23.3 Å². The highest BCUT2D eigenvalue weighted by molar-refractivity contribution is 5.93. The zero-order chi connectivity index (χ0) is 24.1. The second-order valence-corrected chi connectivity index (χ2v) is 8.20. The molecule has 3 heterocycles. The summed E-state index contributed by atoms with van der Waals surface area (Å²) in [6.45, 7) is 1.30. The van der Waals surface area contributed by atoms with Gasteiger partial charge in [0.05, 0.1) is 19.6 Å². The number of H-pyrrole nitrogens is 1. The molecule has 9 heteroatoms. The van der Waals surface area contributed by atoms with Crippen LogP contribution in [-0.2, 0) is 4.79 Å². The molecular weight excluding hydrogens is 432 g/mol. The van der Waals surface area contributed by atoms with Crippen molar-refractivity contribution in [3.05, 3.63) is 53.9 Å². The topological polar surface area (TPSA) is 95.6 Å². The number of carbonyl (C=O) groups is 1. The molecule has 2 aromatic heterocycles. The Kier molecular flexibility index (Phi) is 6.87. The Morgan fingerprint density at radius 1 is 1.24 bits per heavy atom. The van der Waals surface area contributed by atoms with Crippen molar-refractivity contribution >= 4 is 22.8 Å². The first-order valence-corrected chi connectivity index (χ1v) is 10.9. The number of benzene rings is 1. The number of nitrogens with one attached hydrogen (secondary N) is 2. The lowest BCUT2D eigenvalue weighted by Gasteiger charge is -2.16. The van der Waals surface area contributed by atoms with Gasteiger partial charge in [-0.3, -0.25) is 9.89 Å². The van der Waals surface area contributed by atoms with Crippen LogP contribution in [0.5, 0.6) is 11.5 Å². The van der Waals surface area contributed by atoms with E-state index in [1.807, 2.05) is 42.1 Å². The molecule has 1 aromatic carbocycles. The monoisotopic (exact) mass is 460 g/mol. The van der Waals surface area contributed by atoms with E-state index in [2.05, 4.69) is 32.3 Å². The largest absolute Gasteiger partial charge is 0.497 e. The summed E-state index contributed by atoms with van der Waals surface area (Å²) in [7, 11) is 7.00. The molecule has 1 atom stereocenters. The molecule has 9 nitrogen and oxygen atoms in total. The fraction of sp³-hybridized carbons (Fsp3) is 0.320. The Hall–Kier alpha value is -4.19. The molecule has 0 radical (unpaired) electrons. The van der Waals surface area contributed by atoms with Crippen molar-refractivity contribution in [2.75, 3.05) is 46.7 Å². The predicted molar refractivity (Wildman–Crippen MR) is 131 cm³/mol. The van der Waals surface area contributed by atoms with Crippen molar-refractivity contribution in [1.82, 2.24) is 25.0 Å². The highest BCUT2D eigenvalue weighted by Crippen LogP contribution is 2.26. The fourth-order valence-corrected chi connectivity index (χ4v) is 3.77. The number of methoxy groups -OCH3 is 2. The number of amides is 1. The average molecular weight is 461 g/mol. The SMILES string of the molecule is COc1cc(C#Cc2ccnc3[nH]nc(N[C@H]4CCN(C(=O)C=CN(C)C)C4)c23)cc(OC)c1. The van der Waals surface area contributed by atoms with E-state index in [1.54, 1.807) is 38.8 Å². The highest BCUT2D eigenvalue weighted by atomic mass is 16.5. The first-order valence-electron chi connectivity index (χ1n) is 10.9. The number of anilines is 1. The van der Waals surface area contributed by atoms with Gasteiger partial charge in [-0.15, -0.1) is 0 Å². The minimum Gasteiger partial charge on any atom is -0.497 e. The number of hydrogen-bond donors (Lipinski definition) is 2. The molecule has 0 unspecified atom stereocenters. The normalized spacial score (nSPS) is 15.3. The number of fused-ring (bicyclic) bond motifs is 1. The summed E-state index contributed by atoms with van der Waals surface area (Å²) in [6.07, 6.45) is 5.89. The molecule has 0 saturated carbocycles. The summed E-state index contributed by atoms with van der Waals surface area (Å²) < 4.78 is 10.7. The summed E-state index contributed by atoms with van der Waals surface area (Å²) >= 11 is 0. The van der Waals surface area contributed by atoms with E-state index in [1.165, 1.54) is 0 Å². The van der Waals surface area contributed by atoms with E-state index in [4.69, 9.17) is 9.47 Å². The second kappa shape index (κ2) is 10.2. The van der Waals surface area contributed by atoms with Gasteiger partial charge >= 0.3 is 0 Å². The van der Waals surface area contributed by atoms with Gasteiger partial charge in [0.2, 0.25) is 5.91 Å². The summed E-state index contributed by atoms with van der Waals surface area (Å²) in [5, 5.41) is 11.7. The van der Waals surface area contributed by atoms with E-state index in [-0.39, 0.29) is 11.9 Å². The van der Waals surface area contributed by atoms with Gasteiger partial charge in [-0.25, -0.2) is 4.98 Å². The van der Waals surface area contributed by atoms with E-state index >= 15 is 0 Å². The molecule has 3 aromatic rings. The van der Waals surface area contributed by atoms with Crippen molar-refractivity contribution < 1.29 is 14.3 Å². The third kappa shape index (κ3) is 5.23. The van der Waals surface area contributed by atoms with Gasteiger partial charge in [0.25, 0.3) is 0 Å². The smallest absolute Gasteiger partial charge is 0.248 e. The maximum absolute atomic E-state index is 12.4. The van der Waals surface area contributed by atoms with Crippen LogP contribution in [0, 0.1) is 11.8 Å². The summed E-state index contributed by atoms with van der Waals surface area (Å²) in [5.41, 5.74) is 2.22. The number of aromatic nitrogens is 3. The average Bonchev–Trinajstić information content (AvgIpc) is 3.49. The van der Waals surface area contributed by atoms with E-state index in [0.29, 0.717) is 36.1 Å². The number of aromatic amines is 1. The van der Waals surface area contributed by atoms with E-state index in [9.17, 15) is 4.79 Å². The second-order valence-electron chi connectivity index (χ2n) is 8.20. The molecule has 1 aliphatic heterocycles. The summed E-state index contributed by atoms with van der Waals surface area (Å²) in [5.74, 6) is 8.46. The predicted octanol–water partition coefficient (Wildman–Crippen LogP) is 2.46. The molecule has 176 valence electrons. The van der Waals surface area contributed by atoms with Crippen molar-refractivity contribution in [1.29, 1.82) is 0 Å². The third-order valence-corrected chi connectivity index (χ3v) is 5.51. The van der Waals surface area contributed by atoms with Crippen LogP contribution in [0.1, 0.15) is 17.5 Å². The quantitative estimate of drug-likeness (QED) is 0.431. The Balaban J connectivity index is 1.55. The molecule has 0 bridgehead atoms. The number of hydrogen-bond acceptors (Lipinski definition) is 7. The lowest BCUT2D eigenvalue weighted by Crippen LogP contribution is -2.30. The number of carbonyl (C=O) groups excluding carboxylic acids is 1. The molecule has 1 amide bonds. The van der Waals surface area contributed by atoms with Crippen LogP contribution in [0.2, 0.25) is 0 Å². The summed E-state index contributed by atoms with van der Waals surface area (Å²) in [6, 6.07) is 7.48. The van der Waals surface area contributed by atoms with Crippen LogP contribution < -0.4 is 14.8 Å². The lowest BCUT2D eigenvalue weighted by molar-refractivity contribution is -0.125. The zero-order valence-corrected chi connectivity index (χ0v) is 19.8. The molecule has 1 saturated heterocycles. The maximum atomic E-state index is 12.4. The van der Waals surface area contributed by atoms with Gasteiger partial charge in [0.1, 0.15) is 11.5 Å². The molecule has 0 aliphatic carbocycles. The highest BCUT2D eigenvalue weighted by Gasteiger charge is 2.26. The third-order valence-electron chi connectivity index (χ3n) is 5.51. The standard InChI is InChI=1S/C25H28N6O3/c1-30(2)11-9-22(32)31-12-8-19(16-31)27-25-23-18(7-10-26-24(23)28-29-25)6-5-17-13-20(33-3)15-21(14-17)34-4/h7,9-11,13-15,19H,8,12,16H2,1-4H3,(H2,26,27,28,29)/t19-/m0/s1. The van der Waals surface area contributed by atoms with E-state index in [0.717, 1.165) is 22.9 Å². The van der Waals surface area contributed by atoms with Gasteiger partial charge in [-0.05, 0) is 24.6 Å². The number of likely N-dealkylation sites (tertiary alicyclic amines) is 1. The number of ether oxygens (including phenoxy) is 2. The van der Waals surface area contributed by atoms with Crippen LogP contribution in [0.15, 0.2) is 42.7 Å². The first-order chi connectivity index (χ1) is 16.5. The van der Waals surface area contributed by atoms with Gasteiger partial charge in [-0.1, -0.05) is 11.8 Å². The van der Waals surface area contributed by atoms with Crippen LogP contribution >= 0.6 is 0 Å². The Labute approximate surface area is 198 Å². The van der Waals surface area contributed by atoms with Gasteiger partial charge in [0, 0.05) is 68.9 Å².